The van der Waals surface area contributed by atoms with E-state index in [1.54, 1.807) is 0 Å². The van der Waals surface area contributed by atoms with Gasteiger partial charge in [-0.05, 0) is 63.1 Å². The van der Waals surface area contributed by atoms with Gasteiger partial charge in [0.15, 0.2) is 0 Å². The summed E-state index contributed by atoms with van der Waals surface area (Å²) in [6.45, 7) is 10.6. The summed E-state index contributed by atoms with van der Waals surface area (Å²) in [4.78, 5) is 16.8. The van der Waals surface area contributed by atoms with Gasteiger partial charge in [-0.25, -0.2) is 0 Å². The largest absolute Gasteiger partial charge is 0.371 e. The van der Waals surface area contributed by atoms with E-state index in [1.807, 2.05) is 24.0 Å². The van der Waals surface area contributed by atoms with Crippen molar-refractivity contribution >= 4 is 17.3 Å². The summed E-state index contributed by atoms with van der Waals surface area (Å²) >= 11 is 0. The van der Waals surface area contributed by atoms with Gasteiger partial charge >= 0.3 is 0 Å². The third-order valence-electron chi connectivity index (χ3n) is 4.27. The predicted octanol–water partition coefficient (Wildman–Crippen LogP) is 4.57. The van der Waals surface area contributed by atoms with Crippen molar-refractivity contribution in [1.82, 2.24) is 0 Å². The lowest BCUT2D eigenvalue weighted by Crippen LogP contribution is -2.34. The first kappa shape index (κ1) is 18.1. The molecular weight excluding hydrogens is 296 g/mol. The summed E-state index contributed by atoms with van der Waals surface area (Å²) in [6.07, 6.45) is 0.517. The number of hydrogen-bond acceptors (Lipinski definition) is 2. The highest BCUT2D eigenvalue weighted by Gasteiger charge is 2.15. The molecule has 0 radical (unpaired) electrons. The van der Waals surface area contributed by atoms with E-state index in [1.165, 1.54) is 16.8 Å². The Morgan fingerprint density at radius 3 is 2.00 bits per heavy atom. The Bertz CT molecular complexity index is 681. The zero-order chi connectivity index (χ0) is 17.5. The lowest BCUT2D eigenvalue weighted by atomic mass is 10.2. The van der Waals surface area contributed by atoms with Crippen molar-refractivity contribution < 1.29 is 4.79 Å². The molecule has 0 saturated carbocycles. The molecule has 2 rings (SSSR count). The molecule has 0 aliphatic rings. The molecule has 0 fully saturated rings. The Morgan fingerprint density at radius 1 is 0.875 bits per heavy atom. The first-order valence-electron chi connectivity index (χ1n) is 8.73. The van der Waals surface area contributed by atoms with Crippen molar-refractivity contribution in [2.45, 2.75) is 34.1 Å². The molecule has 0 saturated heterocycles. The average Bonchev–Trinajstić information content (AvgIpc) is 2.56. The van der Waals surface area contributed by atoms with Crippen LogP contribution in [0.1, 0.15) is 31.4 Å². The Labute approximate surface area is 145 Å². The van der Waals surface area contributed by atoms with Gasteiger partial charge in [-0.2, -0.15) is 0 Å². The van der Waals surface area contributed by atoms with Crippen LogP contribution in [-0.4, -0.2) is 25.5 Å². The molecule has 2 aromatic rings. The van der Waals surface area contributed by atoms with Crippen molar-refractivity contribution in [1.29, 1.82) is 0 Å². The molecule has 0 N–H and O–H groups in total. The number of amides is 1. The Kier molecular flexibility index (Phi) is 6.42. The van der Waals surface area contributed by atoms with Gasteiger partial charge in [-0.3, -0.25) is 4.79 Å². The highest BCUT2D eigenvalue weighted by atomic mass is 16.2. The van der Waals surface area contributed by atoms with Crippen molar-refractivity contribution in [2.75, 3.05) is 29.4 Å². The third-order valence-corrected chi connectivity index (χ3v) is 4.27. The van der Waals surface area contributed by atoms with Crippen LogP contribution in [0.2, 0.25) is 0 Å². The summed E-state index contributed by atoms with van der Waals surface area (Å²) in [6, 6.07) is 16.6. The van der Waals surface area contributed by atoms with Crippen LogP contribution in [0.15, 0.2) is 48.5 Å². The first-order chi connectivity index (χ1) is 11.5. The number of benzene rings is 2. The minimum absolute atomic E-state index is 0.175. The van der Waals surface area contributed by atoms with Gasteiger partial charge < -0.3 is 9.80 Å². The van der Waals surface area contributed by atoms with Gasteiger partial charge in [0.05, 0.1) is 0 Å². The summed E-state index contributed by atoms with van der Waals surface area (Å²) in [7, 11) is 0. The number of aryl methyl sites for hydroxylation is 2. The lowest BCUT2D eigenvalue weighted by Gasteiger charge is -2.26. The maximum absolute atomic E-state index is 12.7. The van der Waals surface area contributed by atoms with E-state index >= 15 is 0 Å². The van der Waals surface area contributed by atoms with Gasteiger partial charge in [-0.1, -0.05) is 24.3 Å². The molecular formula is C21H28N2O. The van der Waals surface area contributed by atoms with Crippen molar-refractivity contribution in [3.63, 3.8) is 0 Å². The molecule has 128 valence electrons. The van der Waals surface area contributed by atoms with Crippen LogP contribution in [0, 0.1) is 13.8 Å². The van der Waals surface area contributed by atoms with Crippen molar-refractivity contribution in [3.05, 3.63) is 59.7 Å². The summed E-state index contributed by atoms with van der Waals surface area (Å²) in [5.74, 6) is 0.175. The topological polar surface area (TPSA) is 23.6 Å². The molecule has 0 aliphatic carbocycles. The maximum atomic E-state index is 12.7. The zero-order valence-corrected chi connectivity index (χ0v) is 15.2. The van der Waals surface area contributed by atoms with Crippen LogP contribution >= 0.6 is 0 Å². The smallest absolute Gasteiger partial charge is 0.228 e. The van der Waals surface area contributed by atoms with Crippen LogP contribution in [0.3, 0.4) is 0 Å². The third kappa shape index (κ3) is 4.60. The number of carbonyl (C=O) groups excluding carboxylic acids is 1. The Hall–Kier alpha value is -2.29. The van der Waals surface area contributed by atoms with E-state index in [0.717, 1.165) is 18.8 Å². The van der Waals surface area contributed by atoms with Crippen LogP contribution in [0.25, 0.3) is 0 Å². The number of hydrogen-bond donors (Lipinski definition) is 0. The molecule has 0 aromatic heterocycles. The fourth-order valence-corrected chi connectivity index (χ4v) is 2.96. The molecule has 0 unspecified atom stereocenters. The van der Waals surface area contributed by atoms with Gasteiger partial charge in [0.1, 0.15) is 0 Å². The SMILES string of the molecule is CCN(CCC(=O)N(CC)c1cccc(C)c1)c1cccc(C)c1. The summed E-state index contributed by atoms with van der Waals surface area (Å²) < 4.78 is 0. The number of nitrogens with zero attached hydrogens (tertiary/aromatic N) is 2. The molecule has 0 heterocycles. The Balaban J connectivity index is 2.04. The van der Waals surface area contributed by atoms with Crippen molar-refractivity contribution in [2.24, 2.45) is 0 Å². The summed E-state index contributed by atoms with van der Waals surface area (Å²) in [5.41, 5.74) is 4.59. The van der Waals surface area contributed by atoms with Crippen molar-refractivity contribution in [3.8, 4) is 0 Å². The number of rotatable bonds is 7. The number of anilines is 2. The molecule has 3 heteroatoms. The van der Waals surface area contributed by atoms with Crippen LogP contribution < -0.4 is 9.80 Å². The molecule has 0 bridgehead atoms. The van der Waals surface area contributed by atoms with Crippen LogP contribution in [0.4, 0.5) is 11.4 Å². The first-order valence-corrected chi connectivity index (χ1v) is 8.73. The quantitative estimate of drug-likeness (QED) is 0.744. The van der Waals surface area contributed by atoms with E-state index in [0.29, 0.717) is 13.0 Å². The fraction of sp³-hybridized carbons (Fsp3) is 0.381. The molecule has 2 aromatic carbocycles. The second kappa shape index (κ2) is 8.53. The highest BCUT2D eigenvalue weighted by molar-refractivity contribution is 5.93. The van der Waals surface area contributed by atoms with Crippen LogP contribution in [0.5, 0.6) is 0 Å². The molecule has 3 nitrogen and oxygen atoms in total. The molecule has 24 heavy (non-hydrogen) atoms. The monoisotopic (exact) mass is 324 g/mol. The fourth-order valence-electron chi connectivity index (χ4n) is 2.96. The summed E-state index contributed by atoms with van der Waals surface area (Å²) in [5, 5.41) is 0. The second-order valence-corrected chi connectivity index (χ2v) is 6.15. The maximum Gasteiger partial charge on any atom is 0.228 e. The molecule has 0 aliphatic heterocycles. The second-order valence-electron chi connectivity index (χ2n) is 6.15. The van der Waals surface area contributed by atoms with Gasteiger partial charge in [-0.15, -0.1) is 0 Å². The van der Waals surface area contributed by atoms with E-state index in [-0.39, 0.29) is 5.91 Å². The van der Waals surface area contributed by atoms with E-state index < -0.39 is 0 Å². The standard InChI is InChI=1S/C21H28N2O/c1-5-22(19-11-7-9-17(3)15-19)14-13-21(24)23(6-2)20-12-8-10-18(4)16-20/h7-12,15-16H,5-6,13-14H2,1-4H3. The van der Waals surface area contributed by atoms with Gasteiger partial charge in [0.25, 0.3) is 0 Å². The van der Waals surface area contributed by atoms with Crippen LogP contribution in [-0.2, 0) is 4.79 Å². The van der Waals surface area contributed by atoms with Gasteiger partial charge in [0.2, 0.25) is 5.91 Å². The predicted molar refractivity (Wildman–Crippen MR) is 103 cm³/mol. The minimum Gasteiger partial charge on any atom is -0.371 e. The minimum atomic E-state index is 0.175. The normalized spacial score (nSPS) is 10.5. The van der Waals surface area contributed by atoms with E-state index in [4.69, 9.17) is 0 Å². The van der Waals surface area contributed by atoms with E-state index in [9.17, 15) is 4.79 Å². The average molecular weight is 324 g/mol. The Morgan fingerprint density at radius 2 is 1.46 bits per heavy atom. The number of carbonyl (C=O) groups is 1. The van der Waals surface area contributed by atoms with Gasteiger partial charge in [0, 0.05) is 37.4 Å². The van der Waals surface area contributed by atoms with E-state index in [2.05, 4.69) is 62.1 Å². The lowest BCUT2D eigenvalue weighted by molar-refractivity contribution is -0.118. The molecule has 1 amide bonds. The zero-order valence-electron chi connectivity index (χ0n) is 15.2. The molecule has 0 spiro atoms. The highest BCUT2D eigenvalue weighted by Crippen LogP contribution is 2.19. The molecule has 0 atom stereocenters.